The van der Waals surface area contributed by atoms with E-state index in [4.69, 9.17) is 4.74 Å². The highest BCUT2D eigenvalue weighted by atomic mass is 16.6. The molecule has 3 N–H and O–H groups in total. The molecule has 5 heterocycles. The van der Waals surface area contributed by atoms with Crippen LogP contribution < -0.4 is 16.2 Å². The highest BCUT2D eigenvalue weighted by Gasteiger charge is 2.34. The molecule has 3 aliphatic rings. The zero-order valence-corrected chi connectivity index (χ0v) is 32.7. The Morgan fingerprint density at radius 2 is 1.71 bits per heavy atom. The fraction of sp³-hybridized carbons (Fsp3) is 0.500. The zero-order chi connectivity index (χ0) is 39.2. The Hall–Kier alpha value is -5.21. The van der Waals surface area contributed by atoms with Gasteiger partial charge in [0.05, 0.1) is 5.52 Å². The van der Waals surface area contributed by atoms with Crippen molar-refractivity contribution in [3.05, 3.63) is 88.4 Å². The summed E-state index contributed by atoms with van der Waals surface area (Å²) in [5.74, 6) is -0.0402. The minimum Gasteiger partial charge on any atom is -0.426 e. The number of rotatable bonds is 11. The summed E-state index contributed by atoms with van der Waals surface area (Å²) in [6.45, 7) is 12.1. The number of nitrogens with zero attached hydrogens (tertiary/aromatic N) is 6. The van der Waals surface area contributed by atoms with Crippen molar-refractivity contribution >= 4 is 39.8 Å². The van der Waals surface area contributed by atoms with Gasteiger partial charge in [0.15, 0.2) is 6.73 Å². The minimum atomic E-state index is -0.770. The van der Waals surface area contributed by atoms with E-state index in [-0.39, 0.29) is 30.1 Å². The quantitative estimate of drug-likeness (QED) is 0.152. The third kappa shape index (κ3) is 9.24. The number of carbonyl (C=O) groups excluding carboxylic acids is 3. The lowest BCUT2D eigenvalue weighted by molar-refractivity contribution is -0.135. The van der Waals surface area contributed by atoms with Gasteiger partial charge in [0, 0.05) is 80.9 Å². The van der Waals surface area contributed by atoms with Gasteiger partial charge in [-0.25, -0.2) is 14.3 Å². The number of nitrogens with one attached hydrogen (secondary N) is 3. The summed E-state index contributed by atoms with van der Waals surface area (Å²) in [7, 11) is 2.17. The van der Waals surface area contributed by atoms with E-state index in [0.717, 1.165) is 77.5 Å². The predicted octanol–water partition coefficient (Wildman–Crippen LogP) is 4.18. The summed E-state index contributed by atoms with van der Waals surface area (Å²) >= 11 is 0. The van der Waals surface area contributed by atoms with Crippen molar-refractivity contribution in [1.29, 1.82) is 0 Å². The van der Waals surface area contributed by atoms with Crippen molar-refractivity contribution in [2.75, 3.05) is 66.0 Å². The van der Waals surface area contributed by atoms with Gasteiger partial charge in [-0.3, -0.25) is 14.5 Å². The van der Waals surface area contributed by atoms with Crippen molar-refractivity contribution in [2.45, 2.75) is 70.2 Å². The summed E-state index contributed by atoms with van der Waals surface area (Å²) in [5, 5.41) is 12.3. The maximum atomic E-state index is 14.4. The number of benzene rings is 2. The second kappa shape index (κ2) is 17.7. The molecule has 0 aliphatic carbocycles. The van der Waals surface area contributed by atoms with Crippen LogP contribution in [0.3, 0.4) is 0 Å². The van der Waals surface area contributed by atoms with E-state index in [1.165, 1.54) is 0 Å². The lowest BCUT2D eigenvalue weighted by Crippen LogP contribution is -2.59. The maximum absolute atomic E-state index is 14.4. The molecule has 4 amide bonds. The summed E-state index contributed by atoms with van der Waals surface area (Å²) in [6, 6.07) is 13.3. The van der Waals surface area contributed by atoms with E-state index in [2.05, 4.69) is 44.1 Å². The molecule has 0 radical (unpaired) electrons. The Kier molecular flexibility index (Phi) is 12.4. The van der Waals surface area contributed by atoms with Gasteiger partial charge in [-0.15, -0.1) is 6.58 Å². The molecule has 3 saturated heterocycles. The molecule has 2 aromatic carbocycles. The van der Waals surface area contributed by atoms with Crippen molar-refractivity contribution < 1.29 is 19.1 Å². The van der Waals surface area contributed by atoms with Crippen LogP contribution in [-0.2, 0) is 22.7 Å². The third-order valence-electron chi connectivity index (χ3n) is 11.7. The van der Waals surface area contributed by atoms with Gasteiger partial charge in [0.1, 0.15) is 6.04 Å². The summed E-state index contributed by atoms with van der Waals surface area (Å²) in [6.07, 6.45) is 7.58. The summed E-state index contributed by atoms with van der Waals surface area (Å²) in [4.78, 5) is 65.0. The molecule has 56 heavy (non-hydrogen) atoms. The average Bonchev–Trinajstić information content (AvgIpc) is 3.63. The predicted molar refractivity (Wildman–Crippen MR) is 217 cm³/mol. The topological polar surface area (TPSA) is 148 Å². The van der Waals surface area contributed by atoms with Crippen molar-refractivity contribution in [3.8, 4) is 0 Å². The fourth-order valence-corrected chi connectivity index (χ4v) is 8.50. The fourth-order valence-electron chi connectivity index (χ4n) is 8.50. The molecule has 3 fully saturated rings. The van der Waals surface area contributed by atoms with Crippen LogP contribution in [0.15, 0.2) is 66.1 Å². The number of alkyl carbamates (subject to hydrolysis) is 1. The van der Waals surface area contributed by atoms with Gasteiger partial charge in [-0.05, 0) is 99.8 Å². The van der Waals surface area contributed by atoms with Crippen LogP contribution in [0, 0.1) is 6.92 Å². The molecule has 14 heteroatoms. The number of hydrogen-bond donors (Lipinski definition) is 3. The molecular formula is C42H55N9O5. The van der Waals surface area contributed by atoms with Gasteiger partial charge in [-0.2, -0.15) is 5.10 Å². The number of aryl methyl sites for hydroxylation is 1. The molecule has 14 nitrogen and oxygen atoms in total. The SMILES string of the molecule is C=CCCNC(=O)OCn1cc2cc(C[C@@H](NC(=O)N3CCC(c4cc5ccccc5[nH]c4=O)CC3)C(=O)N3CCN(C4CCN(C)CC4)CC3)cc(C)c2n1. The smallest absolute Gasteiger partial charge is 0.408 e. The molecule has 2 aromatic heterocycles. The number of carbonyl (C=O) groups is 3. The third-order valence-corrected chi connectivity index (χ3v) is 11.7. The number of para-hydroxylation sites is 1. The number of piperazine rings is 1. The molecule has 4 aromatic rings. The molecule has 0 bridgehead atoms. The number of pyridine rings is 1. The molecular weight excluding hydrogens is 711 g/mol. The van der Waals surface area contributed by atoms with Crippen LogP contribution in [-0.4, -0.2) is 130 Å². The van der Waals surface area contributed by atoms with E-state index >= 15 is 0 Å². The first-order valence-corrected chi connectivity index (χ1v) is 20.0. The minimum absolute atomic E-state index is 0.0401. The molecule has 298 valence electrons. The Labute approximate surface area is 327 Å². The first-order valence-electron chi connectivity index (χ1n) is 20.0. The number of ether oxygens (including phenoxy) is 1. The second-order valence-electron chi connectivity index (χ2n) is 15.6. The zero-order valence-electron chi connectivity index (χ0n) is 32.7. The van der Waals surface area contributed by atoms with E-state index in [0.29, 0.717) is 64.4 Å². The number of fused-ring (bicyclic) bond motifs is 2. The highest BCUT2D eigenvalue weighted by molar-refractivity contribution is 5.88. The molecule has 0 spiro atoms. The van der Waals surface area contributed by atoms with E-state index in [9.17, 15) is 19.2 Å². The molecule has 3 aliphatic heterocycles. The van der Waals surface area contributed by atoms with E-state index in [1.807, 2.05) is 60.5 Å². The van der Waals surface area contributed by atoms with Gasteiger partial charge in [0.25, 0.3) is 5.56 Å². The number of aromatic amines is 1. The largest absolute Gasteiger partial charge is 0.426 e. The van der Waals surface area contributed by atoms with Crippen LogP contribution in [0.25, 0.3) is 21.8 Å². The summed E-state index contributed by atoms with van der Waals surface area (Å²) in [5.41, 5.74) is 4.08. The summed E-state index contributed by atoms with van der Waals surface area (Å²) < 4.78 is 6.92. The number of urea groups is 1. The number of H-pyrrole nitrogens is 1. The number of hydrogen-bond acceptors (Lipinski definition) is 8. The van der Waals surface area contributed by atoms with E-state index < -0.39 is 12.1 Å². The van der Waals surface area contributed by atoms with Gasteiger partial charge < -0.3 is 35.1 Å². The lowest BCUT2D eigenvalue weighted by Gasteiger charge is -2.43. The molecule has 0 unspecified atom stereocenters. The van der Waals surface area contributed by atoms with E-state index in [1.54, 1.807) is 15.7 Å². The molecule has 7 rings (SSSR count). The highest BCUT2D eigenvalue weighted by Crippen LogP contribution is 2.28. The van der Waals surface area contributed by atoms with Crippen LogP contribution in [0.4, 0.5) is 9.59 Å². The first kappa shape index (κ1) is 39.0. The van der Waals surface area contributed by atoms with Gasteiger partial charge >= 0.3 is 12.1 Å². The Morgan fingerprint density at radius 1 is 0.964 bits per heavy atom. The van der Waals surface area contributed by atoms with Crippen molar-refractivity contribution in [1.82, 2.24) is 45.0 Å². The Bertz CT molecular complexity index is 2090. The Balaban J connectivity index is 1.03. The van der Waals surface area contributed by atoms with Crippen LogP contribution in [0.1, 0.15) is 54.7 Å². The first-order chi connectivity index (χ1) is 27.1. The van der Waals surface area contributed by atoms with Crippen molar-refractivity contribution in [2.24, 2.45) is 0 Å². The lowest BCUT2D eigenvalue weighted by atomic mass is 9.89. The number of piperidine rings is 2. The van der Waals surface area contributed by atoms with Crippen LogP contribution >= 0.6 is 0 Å². The number of amides is 4. The average molecular weight is 766 g/mol. The Morgan fingerprint density at radius 3 is 2.46 bits per heavy atom. The standard InChI is InChI=1S/C42H55N9O5/c1-4-5-14-43-42(55)56-28-51-27-33-24-30(23-29(2)38(33)46-51)25-37(40(53)49-21-19-48(20-22-49)34-12-15-47(3)16-13-34)45-41(54)50-17-10-31(11-18-50)35-26-32-8-6-7-9-36(32)44-39(35)52/h4,6-9,23-24,26-27,31,34,37H,1,5,10-22,25,28H2,2-3H3,(H,43,55)(H,44,52)(H,45,54)/t37-/m1/s1. The molecule has 1 atom stereocenters. The van der Waals surface area contributed by atoms with Crippen LogP contribution in [0.5, 0.6) is 0 Å². The molecule has 0 saturated carbocycles. The van der Waals surface area contributed by atoms with Gasteiger partial charge in [0.2, 0.25) is 5.91 Å². The maximum Gasteiger partial charge on any atom is 0.408 e. The number of likely N-dealkylation sites (tertiary alicyclic amines) is 2. The van der Waals surface area contributed by atoms with Crippen LogP contribution in [0.2, 0.25) is 0 Å². The normalized spacial score (nSPS) is 18.2. The number of aromatic nitrogens is 3. The van der Waals surface area contributed by atoms with Gasteiger partial charge in [-0.1, -0.05) is 30.3 Å². The second-order valence-corrected chi connectivity index (χ2v) is 15.6. The monoisotopic (exact) mass is 765 g/mol. The van der Waals surface area contributed by atoms with Crippen molar-refractivity contribution in [3.63, 3.8) is 0 Å².